The maximum Gasteiger partial charge on any atom is 0.223 e. The Balaban J connectivity index is 1.31. The van der Waals surface area contributed by atoms with Gasteiger partial charge < -0.3 is 10.2 Å². The van der Waals surface area contributed by atoms with Crippen molar-refractivity contribution in [1.29, 1.82) is 0 Å². The molecule has 0 radical (unpaired) electrons. The monoisotopic (exact) mass is 407 g/mol. The fraction of sp³-hybridized carbons (Fsp3) is 0.500. The van der Waals surface area contributed by atoms with Crippen molar-refractivity contribution in [3.05, 3.63) is 42.1 Å². The SMILES string of the molecule is O=C(NC1CCCC1)C1CCN(c2cc(-c3ccccc3)nc3c2SCC3)CC1. The third-order valence-electron chi connectivity index (χ3n) is 6.59. The maximum atomic E-state index is 12.7. The Morgan fingerprint density at radius 2 is 1.83 bits per heavy atom. The number of nitrogens with zero attached hydrogens (tertiary/aromatic N) is 2. The fourth-order valence-corrected chi connectivity index (χ4v) is 6.06. The summed E-state index contributed by atoms with van der Waals surface area (Å²) in [5.41, 5.74) is 4.82. The van der Waals surface area contributed by atoms with Crippen LogP contribution in [-0.4, -0.2) is 35.8 Å². The van der Waals surface area contributed by atoms with Crippen molar-refractivity contribution in [2.24, 2.45) is 5.92 Å². The number of carbonyl (C=O) groups is 1. The lowest BCUT2D eigenvalue weighted by Gasteiger charge is -2.34. The van der Waals surface area contributed by atoms with E-state index in [1.807, 2.05) is 11.8 Å². The minimum Gasteiger partial charge on any atom is -0.370 e. The van der Waals surface area contributed by atoms with Gasteiger partial charge in [0.15, 0.2) is 0 Å². The smallest absolute Gasteiger partial charge is 0.223 e. The molecular formula is C24H29N3OS. The highest BCUT2D eigenvalue weighted by atomic mass is 32.2. The molecule has 0 spiro atoms. The molecule has 152 valence electrons. The standard InChI is InChI=1S/C24H29N3OS/c28-24(25-19-8-4-5-9-19)18-10-13-27(14-11-18)22-16-21(17-6-2-1-3-7-17)26-20-12-15-29-23(20)22/h1-3,6-7,16,18-19H,4-5,8-15H2,(H,25,28). The number of hydrogen-bond donors (Lipinski definition) is 1. The van der Waals surface area contributed by atoms with Crippen molar-refractivity contribution in [2.45, 2.75) is 55.9 Å². The summed E-state index contributed by atoms with van der Waals surface area (Å²) in [5, 5.41) is 3.30. The van der Waals surface area contributed by atoms with Gasteiger partial charge in [0.2, 0.25) is 5.91 Å². The molecule has 5 rings (SSSR count). The summed E-state index contributed by atoms with van der Waals surface area (Å²) in [6, 6.07) is 13.2. The predicted octanol–water partition coefficient (Wildman–Crippen LogP) is 4.67. The second-order valence-corrected chi connectivity index (χ2v) is 9.62. The van der Waals surface area contributed by atoms with Crippen LogP contribution in [0.15, 0.2) is 41.3 Å². The maximum absolute atomic E-state index is 12.7. The highest BCUT2D eigenvalue weighted by Gasteiger charge is 2.30. The summed E-state index contributed by atoms with van der Waals surface area (Å²) in [6.45, 7) is 1.90. The van der Waals surface area contributed by atoms with Gasteiger partial charge >= 0.3 is 0 Å². The number of aryl methyl sites for hydroxylation is 1. The molecule has 2 aliphatic heterocycles. The summed E-state index contributed by atoms with van der Waals surface area (Å²) >= 11 is 1.94. The largest absolute Gasteiger partial charge is 0.370 e. The second kappa shape index (κ2) is 8.39. The van der Waals surface area contributed by atoms with Gasteiger partial charge in [-0.05, 0) is 31.7 Å². The van der Waals surface area contributed by atoms with Gasteiger partial charge in [-0.25, -0.2) is 0 Å². The number of anilines is 1. The molecule has 0 atom stereocenters. The Morgan fingerprint density at radius 3 is 2.59 bits per heavy atom. The van der Waals surface area contributed by atoms with E-state index < -0.39 is 0 Å². The zero-order valence-corrected chi connectivity index (χ0v) is 17.7. The van der Waals surface area contributed by atoms with Gasteiger partial charge in [-0.2, -0.15) is 0 Å². The number of amides is 1. The van der Waals surface area contributed by atoms with Crippen LogP contribution in [0.2, 0.25) is 0 Å². The van der Waals surface area contributed by atoms with Gasteiger partial charge in [-0.3, -0.25) is 9.78 Å². The van der Waals surface area contributed by atoms with E-state index in [4.69, 9.17) is 4.98 Å². The third-order valence-corrected chi connectivity index (χ3v) is 7.73. The number of piperidine rings is 1. The molecule has 3 aliphatic rings. The molecule has 2 fully saturated rings. The van der Waals surface area contributed by atoms with Gasteiger partial charge in [0.1, 0.15) is 0 Å². The lowest BCUT2D eigenvalue weighted by molar-refractivity contribution is -0.126. The minimum absolute atomic E-state index is 0.169. The van der Waals surface area contributed by atoms with Gasteiger partial charge in [-0.15, -0.1) is 11.8 Å². The first-order valence-electron chi connectivity index (χ1n) is 11.1. The van der Waals surface area contributed by atoms with Crippen LogP contribution >= 0.6 is 11.8 Å². The highest BCUT2D eigenvalue weighted by Crippen LogP contribution is 2.41. The van der Waals surface area contributed by atoms with Crippen LogP contribution in [0.1, 0.15) is 44.2 Å². The Hall–Kier alpha value is -2.01. The zero-order valence-electron chi connectivity index (χ0n) is 16.9. The van der Waals surface area contributed by atoms with E-state index in [9.17, 15) is 4.79 Å². The van der Waals surface area contributed by atoms with Crippen LogP contribution in [0, 0.1) is 5.92 Å². The number of nitrogens with one attached hydrogen (secondary N) is 1. The molecule has 5 heteroatoms. The van der Waals surface area contributed by atoms with Crippen molar-refractivity contribution < 1.29 is 4.79 Å². The molecule has 29 heavy (non-hydrogen) atoms. The van der Waals surface area contributed by atoms with Crippen LogP contribution in [0.4, 0.5) is 5.69 Å². The van der Waals surface area contributed by atoms with Crippen molar-refractivity contribution >= 4 is 23.4 Å². The molecule has 1 N–H and O–H groups in total. The van der Waals surface area contributed by atoms with E-state index in [2.05, 4.69) is 46.6 Å². The Kier molecular flexibility index (Phi) is 5.49. The summed E-state index contributed by atoms with van der Waals surface area (Å²) in [6.07, 6.45) is 7.78. The van der Waals surface area contributed by atoms with Gasteiger partial charge in [0.25, 0.3) is 0 Å². The van der Waals surface area contributed by atoms with Crippen LogP contribution in [-0.2, 0) is 11.2 Å². The Labute approximate surface area is 177 Å². The average molecular weight is 408 g/mol. The summed E-state index contributed by atoms with van der Waals surface area (Å²) in [5.74, 6) is 1.58. The van der Waals surface area contributed by atoms with E-state index in [1.165, 1.54) is 34.7 Å². The van der Waals surface area contributed by atoms with Crippen LogP contribution < -0.4 is 10.2 Å². The number of fused-ring (bicyclic) bond motifs is 1. The van der Waals surface area contributed by atoms with E-state index in [0.29, 0.717) is 6.04 Å². The van der Waals surface area contributed by atoms with E-state index in [0.717, 1.165) is 56.6 Å². The van der Waals surface area contributed by atoms with Crippen molar-refractivity contribution in [2.75, 3.05) is 23.7 Å². The first-order chi connectivity index (χ1) is 14.3. The van der Waals surface area contributed by atoms with Gasteiger partial charge in [-0.1, -0.05) is 43.2 Å². The van der Waals surface area contributed by atoms with Crippen molar-refractivity contribution in [3.63, 3.8) is 0 Å². The topological polar surface area (TPSA) is 45.2 Å². The van der Waals surface area contributed by atoms with Crippen molar-refractivity contribution in [1.82, 2.24) is 10.3 Å². The number of thioether (sulfide) groups is 1. The first kappa shape index (κ1) is 19.0. The third kappa shape index (κ3) is 4.02. The Bertz CT molecular complexity index is 871. The molecular weight excluding hydrogens is 378 g/mol. The van der Waals surface area contributed by atoms with E-state index in [1.54, 1.807) is 0 Å². The van der Waals surface area contributed by atoms with Gasteiger partial charge in [0.05, 0.1) is 22.0 Å². The zero-order chi connectivity index (χ0) is 19.6. The number of hydrogen-bond acceptors (Lipinski definition) is 4. The Morgan fingerprint density at radius 1 is 1.07 bits per heavy atom. The molecule has 0 bridgehead atoms. The quantitative estimate of drug-likeness (QED) is 0.800. The summed E-state index contributed by atoms with van der Waals surface area (Å²) < 4.78 is 0. The number of benzene rings is 1. The van der Waals surface area contributed by atoms with Crippen molar-refractivity contribution in [3.8, 4) is 11.3 Å². The lowest BCUT2D eigenvalue weighted by atomic mass is 9.95. The summed E-state index contributed by atoms with van der Waals surface area (Å²) in [4.78, 5) is 21.5. The van der Waals surface area contributed by atoms with E-state index in [-0.39, 0.29) is 11.8 Å². The minimum atomic E-state index is 0.169. The highest BCUT2D eigenvalue weighted by molar-refractivity contribution is 7.99. The molecule has 1 aromatic heterocycles. The second-order valence-electron chi connectivity index (χ2n) is 8.52. The molecule has 1 aliphatic carbocycles. The molecule has 0 unspecified atom stereocenters. The number of pyridine rings is 1. The molecule has 4 nitrogen and oxygen atoms in total. The van der Waals surface area contributed by atoms with Crippen LogP contribution in [0.3, 0.4) is 0 Å². The van der Waals surface area contributed by atoms with Crippen LogP contribution in [0.5, 0.6) is 0 Å². The molecule has 1 amide bonds. The number of rotatable bonds is 4. The van der Waals surface area contributed by atoms with E-state index >= 15 is 0 Å². The average Bonchev–Trinajstić information content (AvgIpc) is 3.45. The molecule has 1 aromatic carbocycles. The summed E-state index contributed by atoms with van der Waals surface area (Å²) in [7, 11) is 0. The number of aromatic nitrogens is 1. The normalized spacial score (nSPS) is 20.1. The van der Waals surface area contributed by atoms with Crippen LogP contribution in [0.25, 0.3) is 11.3 Å². The molecule has 1 saturated carbocycles. The first-order valence-corrected chi connectivity index (χ1v) is 12.0. The molecule has 1 saturated heterocycles. The lowest BCUT2D eigenvalue weighted by Crippen LogP contribution is -2.43. The molecule has 3 heterocycles. The number of carbonyl (C=O) groups excluding carboxylic acids is 1. The molecule has 2 aromatic rings. The van der Waals surface area contributed by atoms with Gasteiger partial charge in [0, 0.05) is 42.8 Å². The predicted molar refractivity (Wildman–Crippen MR) is 119 cm³/mol. The fourth-order valence-electron chi connectivity index (χ4n) is 4.91.